The molecule has 0 spiro atoms. The van der Waals surface area contributed by atoms with E-state index in [4.69, 9.17) is 9.47 Å². The average molecular weight is 410 g/mol. The topological polar surface area (TPSA) is 105 Å². The molecule has 0 fully saturated rings. The monoisotopic (exact) mass is 410 g/mol. The van der Waals surface area contributed by atoms with Gasteiger partial charge in [0.2, 0.25) is 11.4 Å². The number of allylic oxidation sites excluding steroid dienone is 2. The summed E-state index contributed by atoms with van der Waals surface area (Å²) in [5.41, 5.74) is 4.25. The lowest BCUT2D eigenvalue weighted by molar-refractivity contribution is -0.422. The average Bonchev–Trinajstić information content (AvgIpc) is 3.36. The van der Waals surface area contributed by atoms with Crippen LogP contribution in [0.5, 0.6) is 11.5 Å². The molecule has 2 aromatic carbocycles. The van der Waals surface area contributed by atoms with Crippen LogP contribution in [-0.2, 0) is 12.8 Å². The number of nitrogens with zero attached hydrogens (tertiary/aromatic N) is 2. The number of rotatable bonds is 4. The van der Waals surface area contributed by atoms with E-state index in [0.29, 0.717) is 13.2 Å². The second-order valence-corrected chi connectivity index (χ2v) is 7.02. The van der Waals surface area contributed by atoms with Gasteiger partial charge in [-0.2, -0.15) is 0 Å². The van der Waals surface area contributed by atoms with Crippen molar-refractivity contribution in [3.8, 4) is 11.5 Å². The Balaban J connectivity index is 0.000000171. The van der Waals surface area contributed by atoms with E-state index in [1.54, 1.807) is 12.2 Å². The van der Waals surface area contributed by atoms with Crippen LogP contribution < -0.4 is 9.47 Å². The van der Waals surface area contributed by atoms with Gasteiger partial charge in [-0.25, -0.2) is 0 Å². The molecule has 0 aromatic heterocycles. The van der Waals surface area contributed by atoms with E-state index in [0.717, 1.165) is 46.6 Å². The molecule has 2 heterocycles. The molecule has 8 heteroatoms. The lowest BCUT2D eigenvalue weighted by atomic mass is 10.1. The Kier molecular flexibility index (Phi) is 6.46. The summed E-state index contributed by atoms with van der Waals surface area (Å²) in [5, 5.41) is 20.9. The Morgan fingerprint density at radius 2 is 1.20 bits per heavy atom. The van der Waals surface area contributed by atoms with E-state index in [1.165, 1.54) is 13.8 Å². The van der Waals surface area contributed by atoms with Crippen molar-refractivity contribution in [3.63, 3.8) is 0 Å². The Hall–Kier alpha value is -3.68. The smallest absolute Gasteiger partial charge is 0.243 e. The fraction of sp³-hybridized carbons (Fsp3) is 0.273. The first-order chi connectivity index (χ1) is 14.3. The van der Waals surface area contributed by atoms with Gasteiger partial charge in [-0.1, -0.05) is 12.1 Å². The van der Waals surface area contributed by atoms with Crippen molar-refractivity contribution in [2.24, 2.45) is 0 Å². The third-order valence-electron chi connectivity index (χ3n) is 4.75. The molecule has 4 rings (SSSR count). The first-order valence-electron chi connectivity index (χ1n) is 9.50. The minimum Gasteiger partial charge on any atom is -0.493 e. The van der Waals surface area contributed by atoms with Gasteiger partial charge in [0.1, 0.15) is 11.5 Å². The quantitative estimate of drug-likeness (QED) is 0.542. The van der Waals surface area contributed by atoms with Gasteiger partial charge in [-0.05, 0) is 46.5 Å². The third-order valence-corrected chi connectivity index (χ3v) is 4.75. The molecule has 0 N–H and O–H groups in total. The normalized spacial score (nSPS) is 14.6. The molecule has 0 amide bonds. The number of nitro groups is 2. The predicted octanol–water partition coefficient (Wildman–Crippen LogP) is 4.52. The largest absolute Gasteiger partial charge is 0.493 e. The van der Waals surface area contributed by atoms with Gasteiger partial charge in [-0.15, -0.1) is 0 Å². The summed E-state index contributed by atoms with van der Waals surface area (Å²) in [4.78, 5) is 20.1. The molecular formula is C22H22N2O6. The number of hydrogen-bond donors (Lipinski definition) is 0. The van der Waals surface area contributed by atoms with Gasteiger partial charge >= 0.3 is 0 Å². The minimum absolute atomic E-state index is 0.147. The maximum atomic E-state index is 10.4. The Bertz CT molecular complexity index is 958. The van der Waals surface area contributed by atoms with Gasteiger partial charge < -0.3 is 9.47 Å². The SMILES string of the molecule is C/C(=C/c1ccc2c(c1)CCO2)[N+](=O)[O-].C/C(=C/c1ccc2c(c1)CCO2)[N+](=O)[O-]. The van der Waals surface area contributed by atoms with Crippen LogP contribution >= 0.6 is 0 Å². The molecule has 0 unspecified atom stereocenters. The molecule has 8 nitrogen and oxygen atoms in total. The highest BCUT2D eigenvalue weighted by molar-refractivity contribution is 5.56. The van der Waals surface area contributed by atoms with Crippen molar-refractivity contribution in [3.05, 3.63) is 90.3 Å². The van der Waals surface area contributed by atoms with Crippen molar-refractivity contribution >= 4 is 12.2 Å². The summed E-state index contributed by atoms with van der Waals surface area (Å²) in [7, 11) is 0. The van der Waals surface area contributed by atoms with E-state index in [9.17, 15) is 20.2 Å². The van der Waals surface area contributed by atoms with E-state index in [2.05, 4.69) is 0 Å². The fourth-order valence-corrected chi connectivity index (χ4v) is 3.18. The lowest BCUT2D eigenvalue weighted by Crippen LogP contribution is -1.93. The van der Waals surface area contributed by atoms with E-state index >= 15 is 0 Å². The first kappa shape index (κ1) is 21.0. The zero-order chi connectivity index (χ0) is 21.7. The minimum atomic E-state index is -0.385. The highest BCUT2D eigenvalue weighted by atomic mass is 16.6. The number of ether oxygens (including phenoxy) is 2. The molecule has 0 saturated heterocycles. The van der Waals surface area contributed by atoms with Gasteiger partial charge in [-0.3, -0.25) is 20.2 Å². The van der Waals surface area contributed by atoms with Crippen molar-refractivity contribution in [1.82, 2.24) is 0 Å². The van der Waals surface area contributed by atoms with Crippen molar-refractivity contribution in [1.29, 1.82) is 0 Å². The van der Waals surface area contributed by atoms with Crippen LogP contribution in [0.25, 0.3) is 12.2 Å². The van der Waals surface area contributed by atoms with Crippen LogP contribution in [0.15, 0.2) is 47.8 Å². The highest BCUT2D eigenvalue weighted by Gasteiger charge is 2.13. The Morgan fingerprint density at radius 1 is 0.800 bits per heavy atom. The molecule has 0 saturated carbocycles. The van der Waals surface area contributed by atoms with Gasteiger partial charge in [0.05, 0.1) is 23.1 Å². The summed E-state index contributed by atoms with van der Waals surface area (Å²) in [6.45, 7) is 4.39. The molecule has 2 aliphatic rings. The van der Waals surface area contributed by atoms with Crippen molar-refractivity contribution < 1.29 is 19.3 Å². The number of benzene rings is 2. The Morgan fingerprint density at radius 3 is 1.57 bits per heavy atom. The Labute approximate surface area is 173 Å². The predicted molar refractivity (Wildman–Crippen MR) is 113 cm³/mol. The number of fused-ring (bicyclic) bond motifs is 2. The van der Waals surface area contributed by atoms with Crippen LogP contribution in [0, 0.1) is 20.2 Å². The summed E-state index contributed by atoms with van der Waals surface area (Å²) in [6, 6.07) is 11.3. The molecule has 2 aromatic rings. The second-order valence-electron chi connectivity index (χ2n) is 7.02. The van der Waals surface area contributed by atoms with Crippen molar-refractivity contribution in [2.75, 3.05) is 13.2 Å². The van der Waals surface area contributed by atoms with E-state index < -0.39 is 0 Å². The standard InChI is InChI=1S/2C11H11NO3/c2*1-8(12(13)14)6-9-2-3-11-10(7-9)4-5-15-11/h2*2-3,6-7H,4-5H2,1H3/b2*8-6-. The molecule has 0 atom stereocenters. The molecule has 0 radical (unpaired) electrons. The zero-order valence-corrected chi connectivity index (χ0v) is 16.8. The third kappa shape index (κ3) is 5.22. The van der Waals surface area contributed by atoms with Crippen LogP contribution in [0.1, 0.15) is 36.1 Å². The van der Waals surface area contributed by atoms with Crippen LogP contribution in [-0.4, -0.2) is 23.1 Å². The fourth-order valence-electron chi connectivity index (χ4n) is 3.18. The van der Waals surface area contributed by atoms with Gasteiger partial charge in [0, 0.05) is 38.8 Å². The molecular weight excluding hydrogens is 388 g/mol. The van der Waals surface area contributed by atoms with Crippen molar-refractivity contribution in [2.45, 2.75) is 26.7 Å². The maximum absolute atomic E-state index is 10.4. The molecule has 30 heavy (non-hydrogen) atoms. The van der Waals surface area contributed by atoms with Crippen LogP contribution in [0.4, 0.5) is 0 Å². The van der Waals surface area contributed by atoms with Crippen LogP contribution in [0.3, 0.4) is 0 Å². The molecule has 0 bridgehead atoms. The summed E-state index contributed by atoms with van der Waals surface area (Å²) < 4.78 is 10.7. The lowest BCUT2D eigenvalue weighted by Gasteiger charge is -1.99. The van der Waals surface area contributed by atoms with Gasteiger partial charge in [0.15, 0.2) is 0 Å². The highest BCUT2D eigenvalue weighted by Crippen LogP contribution is 2.27. The van der Waals surface area contributed by atoms with Gasteiger partial charge in [0.25, 0.3) is 0 Å². The summed E-state index contributed by atoms with van der Waals surface area (Å²) >= 11 is 0. The van der Waals surface area contributed by atoms with E-state index in [1.807, 2.05) is 36.4 Å². The zero-order valence-electron chi connectivity index (χ0n) is 16.8. The number of hydrogen-bond acceptors (Lipinski definition) is 6. The maximum Gasteiger partial charge on any atom is 0.243 e. The van der Waals surface area contributed by atoms with Crippen LogP contribution in [0.2, 0.25) is 0 Å². The first-order valence-corrected chi connectivity index (χ1v) is 9.50. The summed E-state index contributed by atoms with van der Waals surface area (Å²) in [6.07, 6.45) is 4.90. The molecule has 0 aliphatic carbocycles. The van der Waals surface area contributed by atoms with E-state index in [-0.39, 0.29) is 21.2 Å². The summed E-state index contributed by atoms with van der Waals surface area (Å²) in [5.74, 6) is 1.79. The second kappa shape index (κ2) is 9.21. The molecule has 2 aliphatic heterocycles. The molecule has 156 valence electrons.